The molecule has 0 saturated carbocycles. The summed E-state index contributed by atoms with van der Waals surface area (Å²) in [5, 5.41) is 0. The van der Waals surface area contributed by atoms with Gasteiger partial charge in [0.15, 0.2) is 0 Å². The van der Waals surface area contributed by atoms with Crippen molar-refractivity contribution in [1.82, 2.24) is 14.8 Å². The van der Waals surface area contributed by atoms with Crippen molar-refractivity contribution in [2.45, 2.75) is 6.18 Å². The van der Waals surface area contributed by atoms with Crippen LogP contribution in [0.15, 0.2) is 30.3 Å². The van der Waals surface area contributed by atoms with Gasteiger partial charge in [0.1, 0.15) is 11.0 Å². The monoisotopic (exact) mass is 541 g/mol. The number of hydrogen-bond acceptors (Lipinski definition) is 5. The fraction of sp³-hybridized carbons (Fsp3) is 0.478. The lowest BCUT2D eigenvalue weighted by atomic mass is 10.1. The third-order valence-electron chi connectivity index (χ3n) is 6.50. The maximum atomic E-state index is 14.0. The van der Waals surface area contributed by atoms with Gasteiger partial charge in [-0.3, -0.25) is 0 Å². The Morgan fingerprint density at radius 1 is 0.758 bits per heavy atom. The highest BCUT2D eigenvalue weighted by Gasteiger charge is 2.37. The van der Waals surface area contributed by atoms with Crippen molar-refractivity contribution in [1.29, 1.82) is 0 Å². The number of aromatic nitrogens is 1. The van der Waals surface area contributed by atoms with E-state index in [4.69, 9.17) is 0 Å². The fourth-order valence-electron chi connectivity index (χ4n) is 4.43. The average molecular weight is 542 g/mol. The fourth-order valence-corrected chi connectivity index (χ4v) is 5.49. The van der Waals surface area contributed by atoms with Crippen LogP contribution in [-0.4, -0.2) is 81.2 Å². The Balaban J connectivity index is 0.00000259. The van der Waals surface area contributed by atoms with E-state index in [1.807, 2.05) is 30.1 Å². The summed E-state index contributed by atoms with van der Waals surface area (Å²) < 4.78 is 43.5. The predicted octanol–water partition coefficient (Wildman–Crippen LogP) is 1.26. The van der Waals surface area contributed by atoms with Crippen molar-refractivity contribution in [3.05, 3.63) is 35.9 Å². The van der Waals surface area contributed by atoms with Gasteiger partial charge >= 0.3 is 6.18 Å². The summed E-state index contributed by atoms with van der Waals surface area (Å²) in [7, 11) is 4.15. The van der Waals surface area contributed by atoms with Crippen LogP contribution in [0, 0.1) is 0 Å². The number of likely N-dealkylation sites (N-methyl/N-ethyl adjacent to an activating group) is 2. The van der Waals surface area contributed by atoms with E-state index in [2.05, 4.69) is 32.8 Å². The lowest BCUT2D eigenvalue weighted by molar-refractivity contribution is -0.136. The van der Waals surface area contributed by atoms with E-state index in [0.717, 1.165) is 62.7 Å². The number of alkyl halides is 3. The molecule has 10 heteroatoms. The van der Waals surface area contributed by atoms with E-state index >= 15 is 0 Å². The number of benzene rings is 2. The van der Waals surface area contributed by atoms with E-state index in [9.17, 15) is 13.2 Å². The Morgan fingerprint density at radius 2 is 1.30 bits per heavy atom. The molecule has 178 valence electrons. The number of fused-ring (bicyclic) bond motifs is 2. The molecule has 0 N–H and O–H groups in total. The second-order valence-electron chi connectivity index (χ2n) is 8.78. The van der Waals surface area contributed by atoms with Crippen LogP contribution in [-0.2, 0) is 6.18 Å². The topological polar surface area (TPSA) is 25.9 Å². The summed E-state index contributed by atoms with van der Waals surface area (Å²) in [4.78, 5) is 13.4. The lowest BCUT2D eigenvalue weighted by Crippen LogP contribution is -3.00. The number of rotatable bonds is 2. The van der Waals surface area contributed by atoms with Crippen molar-refractivity contribution in [2.24, 2.45) is 0 Å². The predicted molar refractivity (Wildman–Crippen MR) is 126 cm³/mol. The average Bonchev–Trinajstić information content (AvgIpc) is 2.77. The van der Waals surface area contributed by atoms with Crippen molar-refractivity contribution in [3.8, 4) is 0 Å². The first-order valence-electron chi connectivity index (χ1n) is 10.9. The standard InChI is InChI=1S/C23H27F3N5S.BrH/c1-28-5-9-30(10-6-28)16-3-4-19-20(14-16)32-21-15-17(31-11-7-29(2)8-12-31)13-18(22(21)27-19)23(24,25)26;/h3-4,13-15H,5-12H2,1-2H3;1H/q+1;/p-1. The molecule has 0 aliphatic carbocycles. The Labute approximate surface area is 206 Å². The highest BCUT2D eigenvalue weighted by atomic mass is 79.9. The van der Waals surface area contributed by atoms with Crippen molar-refractivity contribution in [2.75, 3.05) is 76.3 Å². The summed E-state index contributed by atoms with van der Waals surface area (Å²) in [5.41, 5.74) is 1.74. The first kappa shape index (κ1) is 24.4. The molecule has 0 bridgehead atoms. The van der Waals surface area contributed by atoms with Gasteiger partial charge in [-0.2, -0.15) is 13.2 Å². The second-order valence-corrected chi connectivity index (χ2v) is 9.87. The molecule has 0 amide bonds. The van der Waals surface area contributed by atoms with E-state index < -0.39 is 11.7 Å². The van der Waals surface area contributed by atoms with E-state index in [0.29, 0.717) is 15.9 Å². The number of nitrogens with zero attached hydrogens (tertiary/aromatic N) is 5. The number of hydrogen-bond donors (Lipinski definition) is 0. The largest absolute Gasteiger partial charge is 1.00 e. The van der Waals surface area contributed by atoms with Gasteiger partial charge in [-0.1, -0.05) is 0 Å². The van der Waals surface area contributed by atoms with Crippen molar-refractivity contribution < 1.29 is 30.2 Å². The van der Waals surface area contributed by atoms with E-state index in [1.165, 1.54) is 17.4 Å². The highest BCUT2D eigenvalue weighted by Crippen LogP contribution is 2.40. The maximum absolute atomic E-state index is 14.0. The normalized spacial score (nSPS) is 18.7. The highest BCUT2D eigenvalue weighted by molar-refractivity contribution is 7.24. The van der Waals surface area contributed by atoms with E-state index in [1.54, 1.807) is 0 Å². The van der Waals surface area contributed by atoms with Gasteiger partial charge in [-0.05, 0) is 32.3 Å². The van der Waals surface area contributed by atoms with Gasteiger partial charge in [0.05, 0.1) is 5.56 Å². The second kappa shape index (κ2) is 9.48. The molecule has 1 aromatic heterocycles. The van der Waals surface area contributed by atoms with Gasteiger partial charge in [-0.15, -0.1) is 0 Å². The molecule has 5 nitrogen and oxygen atoms in total. The van der Waals surface area contributed by atoms with Crippen LogP contribution in [0.4, 0.5) is 24.5 Å². The summed E-state index contributed by atoms with van der Waals surface area (Å²) >= 11 is 1.40. The zero-order valence-corrected chi connectivity index (χ0v) is 21.1. The molecule has 2 aliphatic heterocycles. The van der Waals surface area contributed by atoms with Gasteiger partial charge < -0.3 is 36.6 Å². The van der Waals surface area contributed by atoms with Crippen LogP contribution in [0.25, 0.3) is 20.4 Å². The molecule has 5 rings (SSSR count). The van der Waals surface area contributed by atoms with Crippen molar-refractivity contribution in [3.63, 3.8) is 0 Å². The zero-order valence-electron chi connectivity index (χ0n) is 18.7. The molecular weight excluding hydrogens is 515 g/mol. The van der Waals surface area contributed by atoms with Crippen LogP contribution < -0.4 is 26.8 Å². The lowest BCUT2D eigenvalue weighted by Gasteiger charge is -2.34. The Morgan fingerprint density at radius 3 is 1.88 bits per heavy atom. The third kappa shape index (κ3) is 5.03. The molecule has 2 fully saturated rings. The summed E-state index contributed by atoms with van der Waals surface area (Å²) in [6.07, 6.45) is -4.45. The minimum absolute atomic E-state index is 0. The molecule has 0 atom stereocenters. The molecule has 2 aromatic carbocycles. The third-order valence-corrected chi connectivity index (χ3v) is 7.58. The van der Waals surface area contributed by atoms with Crippen LogP contribution in [0.5, 0.6) is 0 Å². The van der Waals surface area contributed by atoms with Crippen molar-refractivity contribution >= 4 is 43.1 Å². The number of anilines is 2. The maximum Gasteiger partial charge on any atom is 0.418 e. The summed E-state index contributed by atoms with van der Waals surface area (Å²) in [6.45, 7) is 7.01. The SMILES string of the molecule is CN1CCN(c2ccc3nc4c(C(F)(F)F)cc(N5CCN(C)CC5)cc4[s+]c3c2)CC1.[Br-]. The van der Waals surface area contributed by atoms with Gasteiger partial charge in [0.25, 0.3) is 9.40 Å². The summed E-state index contributed by atoms with van der Waals surface area (Å²) in [6, 6.07) is 9.07. The number of piperazine rings is 2. The summed E-state index contributed by atoms with van der Waals surface area (Å²) in [5.74, 6) is 0. The van der Waals surface area contributed by atoms with Gasteiger partial charge in [-0.25, -0.2) is 4.98 Å². The molecule has 2 saturated heterocycles. The Kier molecular flexibility index (Phi) is 7.00. The zero-order chi connectivity index (χ0) is 22.5. The minimum atomic E-state index is -4.45. The van der Waals surface area contributed by atoms with E-state index in [-0.39, 0.29) is 22.5 Å². The Hall–Kier alpha value is -1.75. The van der Waals surface area contributed by atoms with Crippen LogP contribution in [0.3, 0.4) is 0 Å². The van der Waals surface area contributed by atoms with Gasteiger partial charge in [0, 0.05) is 75.9 Å². The smallest absolute Gasteiger partial charge is 0.418 e. The van der Waals surface area contributed by atoms with Crippen LogP contribution in [0.1, 0.15) is 5.56 Å². The molecule has 33 heavy (non-hydrogen) atoms. The first-order chi connectivity index (χ1) is 15.3. The quantitative estimate of drug-likeness (QED) is 0.359. The molecule has 3 heterocycles. The first-order valence-corrected chi connectivity index (χ1v) is 11.8. The molecular formula is C23H27BrF3N5S. The molecule has 0 spiro atoms. The Bertz CT molecular complexity index is 1140. The molecule has 3 aromatic rings. The molecule has 0 unspecified atom stereocenters. The number of halogens is 4. The van der Waals surface area contributed by atoms with Crippen LogP contribution in [0.2, 0.25) is 0 Å². The van der Waals surface area contributed by atoms with Gasteiger partial charge in [0.2, 0.25) is 11.3 Å². The molecule has 0 radical (unpaired) electrons. The molecule has 2 aliphatic rings. The minimum Gasteiger partial charge on any atom is -1.00 e. The van der Waals surface area contributed by atoms with Crippen LogP contribution >= 0.6 is 11.3 Å².